The van der Waals surface area contributed by atoms with Crippen LogP contribution in [0.15, 0.2) is 48.5 Å². The standard InChI is InChI=1S/C16H12N2O2/c1-12-4-2-3-5-15(12)16(20)18(11-19)14-8-6-13(10-17)7-9-14/h2-9,11H,1H3. The van der Waals surface area contributed by atoms with Crippen molar-refractivity contribution < 1.29 is 9.59 Å². The van der Waals surface area contributed by atoms with E-state index >= 15 is 0 Å². The molecule has 0 bridgehead atoms. The number of imide groups is 1. The zero-order valence-corrected chi connectivity index (χ0v) is 10.9. The van der Waals surface area contributed by atoms with E-state index in [2.05, 4.69) is 0 Å². The van der Waals surface area contributed by atoms with Crippen LogP contribution in [0.1, 0.15) is 21.5 Å². The summed E-state index contributed by atoms with van der Waals surface area (Å²) in [6.45, 7) is 1.81. The van der Waals surface area contributed by atoms with Crippen LogP contribution in [0.2, 0.25) is 0 Å². The number of hydrogen-bond donors (Lipinski definition) is 0. The first-order chi connectivity index (χ1) is 9.67. The first-order valence-corrected chi connectivity index (χ1v) is 6.02. The van der Waals surface area contributed by atoms with Crippen LogP contribution >= 0.6 is 0 Å². The van der Waals surface area contributed by atoms with Crippen LogP contribution in [0.4, 0.5) is 5.69 Å². The first kappa shape index (κ1) is 13.5. The van der Waals surface area contributed by atoms with Crippen LogP contribution < -0.4 is 4.90 Å². The van der Waals surface area contributed by atoms with Crippen molar-refractivity contribution in [3.05, 3.63) is 65.2 Å². The summed E-state index contributed by atoms with van der Waals surface area (Å²) in [5.74, 6) is -0.386. The third kappa shape index (κ3) is 2.57. The summed E-state index contributed by atoms with van der Waals surface area (Å²) < 4.78 is 0. The molecule has 20 heavy (non-hydrogen) atoms. The van der Waals surface area contributed by atoms with Gasteiger partial charge in [-0.3, -0.25) is 9.59 Å². The average molecular weight is 264 g/mol. The molecule has 98 valence electrons. The highest BCUT2D eigenvalue weighted by atomic mass is 16.2. The van der Waals surface area contributed by atoms with Crippen LogP contribution in [0, 0.1) is 18.3 Å². The quantitative estimate of drug-likeness (QED) is 0.801. The molecule has 2 aromatic rings. The minimum absolute atomic E-state index is 0.386. The minimum atomic E-state index is -0.386. The van der Waals surface area contributed by atoms with Gasteiger partial charge in [-0.05, 0) is 42.8 Å². The van der Waals surface area contributed by atoms with Crippen LogP contribution in [0.25, 0.3) is 0 Å². The summed E-state index contributed by atoms with van der Waals surface area (Å²) in [5.41, 5.74) is 2.19. The lowest BCUT2D eigenvalue weighted by molar-refractivity contribution is -0.106. The molecule has 2 aromatic carbocycles. The highest BCUT2D eigenvalue weighted by Gasteiger charge is 2.18. The molecule has 2 rings (SSSR count). The monoisotopic (exact) mass is 264 g/mol. The molecule has 0 N–H and O–H groups in total. The Labute approximate surface area is 116 Å². The third-order valence-corrected chi connectivity index (χ3v) is 2.97. The molecular formula is C16H12N2O2. The molecule has 0 aliphatic heterocycles. The second-order valence-electron chi connectivity index (χ2n) is 4.25. The fourth-order valence-corrected chi connectivity index (χ4v) is 1.87. The molecule has 0 spiro atoms. The lowest BCUT2D eigenvalue weighted by atomic mass is 10.1. The van der Waals surface area contributed by atoms with E-state index in [1.807, 2.05) is 25.1 Å². The topological polar surface area (TPSA) is 61.2 Å². The predicted molar refractivity (Wildman–Crippen MR) is 75.2 cm³/mol. The largest absolute Gasteiger partial charge is 0.278 e. The zero-order valence-electron chi connectivity index (χ0n) is 10.9. The second-order valence-corrected chi connectivity index (χ2v) is 4.25. The summed E-state index contributed by atoms with van der Waals surface area (Å²) in [4.78, 5) is 24.6. The van der Waals surface area contributed by atoms with Gasteiger partial charge in [-0.25, -0.2) is 4.90 Å². The van der Waals surface area contributed by atoms with E-state index in [4.69, 9.17) is 5.26 Å². The summed E-state index contributed by atoms with van der Waals surface area (Å²) >= 11 is 0. The molecule has 0 heterocycles. The molecular weight excluding hydrogens is 252 g/mol. The first-order valence-electron chi connectivity index (χ1n) is 6.02. The number of nitriles is 1. The Kier molecular flexibility index (Phi) is 3.92. The summed E-state index contributed by atoms with van der Waals surface area (Å²) in [5, 5.41) is 8.75. The molecule has 4 nitrogen and oxygen atoms in total. The number of nitrogens with zero attached hydrogens (tertiary/aromatic N) is 2. The number of hydrogen-bond acceptors (Lipinski definition) is 3. The van der Waals surface area contributed by atoms with Crippen molar-refractivity contribution in [3.63, 3.8) is 0 Å². The number of benzene rings is 2. The Balaban J connectivity index is 2.37. The molecule has 0 aromatic heterocycles. The normalized spacial score (nSPS) is 9.60. The molecule has 0 saturated heterocycles. The van der Waals surface area contributed by atoms with Gasteiger partial charge in [-0.15, -0.1) is 0 Å². The maximum absolute atomic E-state index is 12.4. The zero-order chi connectivity index (χ0) is 14.5. The molecule has 0 atom stereocenters. The molecule has 0 unspecified atom stereocenters. The van der Waals surface area contributed by atoms with Crippen molar-refractivity contribution in [2.75, 3.05) is 4.90 Å². The van der Waals surface area contributed by atoms with Gasteiger partial charge in [0.2, 0.25) is 6.41 Å². The molecule has 0 aliphatic carbocycles. The van der Waals surface area contributed by atoms with E-state index in [1.54, 1.807) is 36.4 Å². The van der Waals surface area contributed by atoms with E-state index in [0.717, 1.165) is 10.5 Å². The predicted octanol–water partition coefficient (Wildman–Crippen LogP) is 2.67. The number of amides is 2. The molecule has 0 fully saturated rings. The molecule has 0 aliphatic rings. The Morgan fingerprint density at radius 2 is 1.80 bits per heavy atom. The van der Waals surface area contributed by atoms with Gasteiger partial charge < -0.3 is 0 Å². The third-order valence-electron chi connectivity index (χ3n) is 2.97. The molecule has 4 heteroatoms. The lowest BCUT2D eigenvalue weighted by Crippen LogP contribution is -2.29. The van der Waals surface area contributed by atoms with Gasteiger partial charge in [0, 0.05) is 5.56 Å². The van der Waals surface area contributed by atoms with Crippen molar-refractivity contribution in [3.8, 4) is 6.07 Å². The lowest BCUT2D eigenvalue weighted by Gasteiger charge is -2.16. The van der Waals surface area contributed by atoms with Gasteiger partial charge in [0.05, 0.1) is 17.3 Å². The Morgan fingerprint density at radius 1 is 1.15 bits per heavy atom. The van der Waals surface area contributed by atoms with Gasteiger partial charge in [-0.1, -0.05) is 18.2 Å². The summed E-state index contributed by atoms with van der Waals surface area (Å²) in [6.07, 6.45) is 0.482. The van der Waals surface area contributed by atoms with E-state index in [1.165, 1.54) is 0 Å². The molecule has 2 amide bonds. The average Bonchev–Trinajstić information content (AvgIpc) is 2.49. The van der Waals surface area contributed by atoms with Gasteiger partial charge in [0.25, 0.3) is 5.91 Å². The van der Waals surface area contributed by atoms with Gasteiger partial charge in [0.15, 0.2) is 0 Å². The highest BCUT2D eigenvalue weighted by molar-refractivity contribution is 6.16. The Bertz CT molecular complexity index is 684. The van der Waals surface area contributed by atoms with E-state index in [-0.39, 0.29) is 5.91 Å². The van der Waals surface area contributed by atoms with E-state index in [9.17, 15) is 9.59 Å². The van der Waals surface area contributed by atoms with Crippen molar-refractivity contribution in [1.29, 1.82) is 5.26 Å². The van der Waals surface area contributed by atoms with Crippen molar-refractivity contribution in [1.82, 2.24) is 0 Å². The van der Waals surface area contributed by atoms with Crippen molar-refractivity contribution in [2.24, 2.45) is 0 Å². The summed E-state index contributed by atoms with van der Waals surface area (Å²) in [7, 11) is 0. The Morgan fingerprint density at radius 3 is 2.35 bits per heavy atom. The maximum Gasteiger partial charge on any atom is 0.265 e. The van der Waals surface area contributed by atoms with Gasteiger partial charge in [-0.2, -0.15) is 5.26 Å². The van der Waals surface area contributed by atoms with Crippen molar-refractivity contribution in [2.45, 2.75) is 6.92 Å². The fourth-order valence-electron chi connectivity index (χ4n) is 1.87. The summed E-state index contributed by atoms with van der Waals surface area (Å²) in [6, 6.07) is 15.3. The maximum atomic E-state index is 12.4. The van der Waals surface area contributed by atoms with Gasteiger partial charge >= 0.3 is 0 Å². The van der Waals surface area contributed by atoms with Crippen LogP contribution in [-0.4, -0.2) is 12.3 Å². The number of rotatable bonds is 3. The molecule has 0 radical (unpaired) electrons. The van der Waals surface area contributed by atoms with E-state index in [0.29, 0.717) is 23.2 Å². The van der Waals surface area contributed by atoms with Crippen LogP contribution in [0.3, 0.4) is 0 Å². The number of carbonyl (C=O) groups excluding carboxylic acids is 2. The van der Waals surface area contributed by atoms with Crippen molar-refractivity contribution >= 4 is 18.0 Å². The smallest absolute Gasteiger partial charge is 0.265 e. The number of carbonyl (C=O) groups is 2. The minimum Gasteiger partial charge on any atom is -0.278 e. The second kappa shape index (κ2) is 5.81. The fraction of sp³-hybridized carbons (Fsp3) is 0.0625. The van der Waals surface area contributed by atoms with Gasteiger partial charge in [0.1, 0.15) is 0 Å². The Hall–Kier alpha value is -2.93. The van der Waals surface area contributed by atoms with Crippen LogP contribution in [0.5, 0.6) is 0 Å². The number of aryl methyl sites for hydroxylation is 1. The highest BCUT2D eigenvalue weighted by Crippen LogP contribution is 2.18. The van der Waals surface area contributed by atoms with E-state index < -0.39 is 0 Å². The molecule has 0 saturated carbocycles. The number of anilines is 1. The SMILES string of the molecule is Cc1ccccc1C(=O)N(C=O)c1ccc(C#N)cc1. The van der Waals surface area contributed by atoms with Crippen LogP contribution in [-0.2, 0) is 4.79 Å².